The van der Waals surface area contributed by atoms with Crippen LogP contribution in [0.5, 0.6) is 0 Å². The van der Waals surface area contributed by atoms with Crippen molar-refractivity contribution in [2.45, 2.75) is 38.5 Å². The topological polar surface area (TPSA) is 86.8 Å². The zero-order chi connectivity index (χ0) is 23.1. The lowest BCUT2D eigenvalue weighted by molar-refractivity contribution is 0.0973. The summed E-state index contributed by atoms with van der Waals surface area (Å²) in [5.41, 5.74) is 7.22. The molecule has 172 valence electrons. The van der Waals surface area contributed by atoms with Crippen LogP contribution in [0, 0.1) is 11.6 Å². The summed E-state index contributed by atoms with van der Waals surface area (Å²) in [7, 11) is 0. The maximum atomic E-state index is 13.8. The number of aliphatic imine (C=N–C) groups is 1. The lowest BCUT2D eigenvalue weighted by Crippen LogP contribution is -2.47. The molecule has 4 N–H and O–H groups in total. The second kappa shape index (κ2) is 11.3. The highest BCUT2D eigenvalue weighted by Crippen LogP contribution is 2.23. The summed E-state index contributed by atoms with van der Waals surface area (Å²) in [6.45, 7) is 4.75. The van der Waals surface area contributed by atoms with Crippen LogP contribution < -0.4 is 21.5 Å². The van der Waals surface area contributed by atoms with Crippen molar-refractivity contribution >= 4 is 23.5 Å². The second-order valence-corrected chi connectivity index (χ2v) is 7.82. The predicted molar refractivity (Wildman–Crippen MR) is 119 cm³/mol. The van der Waals surface area contributed by atoms with E-state index in [1.807, 2.05) is 13.8 Å². The van der Waals surface area contributed by atoms with Crippen molar-refractivity contribution in [3.8, 4) is 0 Å². The Kier molecular flexibility index (Phi) is 8.52. The van der Waals surface area contributed by atoms with Crippen molar-refractivity contribution < 1.29 is 18.3 Å². The van der Waals surface area contributed by atoms with Gasteiger partial charge in [-0.2, -0.15) is 0 Å². The molecular weight excluding hydrogens is 440 g/mol. The molecule has 1 heterocycles. The van der Waals surface area contributed by atoms with Gasteiger partial charge < -0.3 is 10.1 Å². The number of carbonyl (C=O) groups excluding carboxylic acids is 1. The number of guanidine groups is 1. The highest BCUT2D eigenvalue weighted by molar-refractivity contribution is 6.30. The van der Waals surface area contributed by atoms with Crippen LogP contribution in [0.15, 0.2) is 47.5 Å². The number of rotatable bonds is 7. The molecule has 10 heteroatoms. The fourth-order valence-corrected chi connectivity index (χ4v) is 3.30. The van der Waals surface area contributed by atoms with Gasteiger partial charge in [-0.25, -0.2) is 24.6 Å². The van der Waals surface area contributed by atoms with Gasteiger partial charge in [-0.1, -0.05) is 23.7 Å². The molecule has 0 saturated carbocycles. The Morgan fingerprint density at radius 2 is 2.00 bits per heavy atom. The third-order valence-electron chi connectivity index (χ3n) is 4.81. The summed E-state index contributed by atoms with van der Waals surface area (Å²) in [5, 5.41) is 5.75. The minimum Gasteiger partial charge on any atom is -0.380 e. The third-order valence-corrected chi connectivity index (χ3v) is 5.12. The molecule has 0 aromatic heterocycles. The third kappa shape index (κ3) is 6.70. The number of halogens is 3. The van der Waals surface area contributed by atoms with E-state index in [1.165, 1.54) is 24.3 Å². The number of ether oxygens (including phenoxy) is 1. The van der Waals surface area contributed by atoms with Gasteiger partial charge in [0.05, 0.1) is 11.6 Å². The Balaban J connectivity index is 1.72. The zero-order valence-electron chi connectivity index (χ0n) is 17.8. The van der Waals surface area contributed by atoms with Gasteiger partial charge in [0.15, 0.2) is 5.96 Å². The molecule has 0 bridgehead atoms. The number of hydrazine groups is 1. The Hall–Kier alpha value is -2.59. The fraction of sp³-hybridized carbons (Fsp3) is 0.364. The van der Waals surface area contributed by atoms with Crippen molar-refractivity contribution in [2.75, 3.05) is 13.2 Å². The van der Waals surface area contributed by atoms with E-state index in [2.05, 4.69) is 26.5 Å². The first-order chi connectivity index (χ1) is 15.4. The van der Waals surface area contributed by atoms with E-state index >= 15 is 0 Å². The molecule has 1 amide bonds. The molecule has 1 aliphatic heterocycles. The normalized spacial score (nSPS) is 19.6. The molecule has 0 aliphatic carbocycles. The van der Waals surface area contributed by atoms with E-state index < -0.39 is 11.7 Å². The van der Waals surface area contributed by atoms with Crippen molar-refractivity contribution in [3.05, 3.63) is 70.2 Å². The summed E-state index contributed by atoms with van der Waals surface area (Å²) in [5.74, 6) is -1.29. The maximum Gasteiger partial charge on any atom is 0.258 e. The van der Waals surface area contributed by atoms with Gasteiger partial charge in [-0.05, 0) is 49.7 Å². The summed E-state index contributed by atoms with van der Waals surface area (Å²) < 4.78 is 32.4. The minimum atomic E-state index is -0.681. The molecule has 0 spiro atoms. The molecule has 2 aromatic rings. The van der Waals surface area contributed by atoms with Gasteiger partial charge in [0.2, 0.25) is 0 Å². The van der Waals surface area contributed by atoms with E-state index in [0.29, 0.717) is 19.6 Å². The van der Waals surface area contributed by atoms with Crippen LogP contribution in [0.2, 0.25) is 5.02 Å². The number of nitrogens with zero attached hydrogens (tertiary/aromatic N) is 1. The second-order valence-electron chi connectivity index (χ2n) is 7.41. The maximum absolute atomic E-state index is 13.8. The van der Waals surface area contributed by atoms with Gasteiger partial charge in [-0.3, -0.25) is 10.1 Å². The van der Waals surface area contributed by atoms with Gasteiger partial charge in [0.25, 0.3) is 5.91 Å². The summed E-state index contributed by atoms with van der Waals surface area (Å²) in [6.07, 6.45) is 0.205. The first-order valence-electron chi connectivity index (χ1n) is 10.3. The SMILES string of the molecule is CCOC[C@H](C)NC(=NC1CC(c2ccc(F)cc2)NN1)NC(=O)c1ccc(Cl)c(F)c1. The quantitative estimate of drug-likeness (QED) is 0.372. The van der Waals surface area contributed by atoms with Gasteiger partial charge >= 0.3 is 0 Å². The van der Waals surface area contributed by atoms with Gasteiger partial charge in [0, 0.05) is 30.7 Å². The number of amides is 1. The van der Waals surface area contributed by atoms with E-state index in [-0.39, 0.29) is 40.6 Å². The number of nitrogens with one attached hydrogen (secondary N) is 4. The van der Waals surface area contributed by atoms with Crippen LogP contribution in [0.4, 0.5) is 8.78 Å². The minimum absolute atomic E-state index is 0.0630. The van der Waals surface area contributed by atoms with Crippen molar-refractivity contribution in [3.63, 3.8) is 0 Å². The van der Waals surface area contributed by atoms with Crippen LogP contribution in [0.1, 0.15) is 42.2 Å². The van der Waals surface area contributed by atoms with Crippen LogP contribution in [0.3, 0.4) is 0 Å². The van der Waals surface area contributed by atoms with Crippen LogP contribution in [0.25, 0.3) is 0 Å². The molecule has 1 saturated heterocycles. The average Bonchev–Trinajstić information content (AvgIpc) is 3.23. The summed E-state index contributed by atoms with van der Waals surface area (Å²) >= 11 is 5.70. The molecule has 3 rings (SSSR count). The standard InChI is InChI=1S/C22H26ClF2N5O2/c1-3-32-12-13(2)26-22(28-21(31)15-6-9-17(23)18(25)10-15)27-20-11-19(29-30-20)14-4-7-16(24)8-5-14/h4-10,13,19-20,29-30H,3,11-12H2,1-2H3,(H2,26,27,28,31)/t13-,19?,20?/m0/s1. The van der Waals surface area contributed by atoms with Crippen LogP contribution in [-0.2, 0) is 4.74 Å². The molecular formula is C22H26ClF2N5O2. The molecule has 0 radical (unpaired) electrons. The number of hydrogen-bond donors (Lipinski definition) is 4. The smallest absolute Gasteiger partial charge is 0.258 e. The largest absolute Gasteiger partial charge is 0.380 e. The monoisotopic (exact) mass is 465 g/mol. The van der Waals surface area contributed by atoms with Crippen molar-refractivity contribution in [1.29, 1.82) is 0 Å². The average molecular weight is 466 g/mol. The molecule has 7 nitrogen and oxygen atoms in total. The molecule has 1 aliphatic rings. The van der Waals surface area contributed by atoms with Crippen molar-refractivity contribution in [2.24, 2.45) is 4.99 Å². The Bertz CT molecular complexity index is 958. The van der Waals surface area contributed by atoms with E-state index in [9.17, 15) is 13.6 Å². The fourth-order valence-electron chi connectivity index (χ4n) is 3.19. The Morgan fingerprint density at radius 1 is 1.25 bits per heavy atom. The summed E-state index contributed by atoms with van der Waals surface area (Å²) in [4.78, 5) is 17.2. The first-order valence-corrected chi connectivity index (χ1v) is 10.7. The van der Waals surface area contributed by atoms with Crippen molar-refractivity contribution in [1.82, 2.24) is 21.5 Å². The van der Waals surface area contributed by atoms with Gasteiger partial charge in [0.1, 0.15) is 17.8 Å². The molecule has 1 fully saturated rings. The van der Waals surface area contributed by atoms with E-state index in [4.69, 9.17) is 16.3 Å². The highest BCUT2D eigenvalue weighted by Gasteiger charge is 2.25. The number of benzene rings is 2. The Morgan fingerprint density at radius 3 is 2.69 bits per heavy atom. The lowest BCUT2D eigenvalue weighted by atomic mass is 10.0. The number of carbonyl (C=O) groups is 1. The van der Waals surface area contributed by atoms with E-state index in [1.54, 1.807) is 12.1 Å². The zero-order valence-corrected chi connectivity index (χ0v) is 18.5. The predicted octanol–water partition coefficient (Wildman–Crippen LogP) is 3.28. The summed E-state index contributed by atoms with van der Waals surface area (Å²) in [6, 6.07) is 9.83. The van der Waals surface area contributed by atoms with Crippen LogP contribution >= 0.6 is 11.6 Å². The van der Waals surface area contributed by atoms with E-state index in [0.717, 1.165) is 11.6 Å². The van der Waals surface area contributed by atoms with Crippen LogP contribution in [-0.4, -0.2) is 37.3 Å². The first kappa shape index (κ1) is 24.1. The molecule has 32 heavy (non-hydrogen) atoms. The molecule has 2 unspecified atom stereocenters. The number of hydrogen-bond acceptors (Lipinski definition) is 5. The molecule has 2 aromatic carbocycles. The lowest BCUT2D eigenvalue weighted by Gasteiger charge is -2.19. The van der Waals surface area contributed by atoms with Gasteiger partial charge in [-0.15, -0.1) is 0 Å². The molecule has 3 atom stereocenters. The highest BCUT2D eigenvalue weighted by atomic mass is 35.5. The Labute approximate surface area is 190 Å².